The fraction of sp³-hybridized carbons (Fsp3) is 0.471. The van der Waals surface area contributed by atoms with Crippen molar-refractivity contribution < 1.29 is 9.59 Å². The summed E-state index contributed by atoms with van der Waals surface area (Å²) in [6.07, 6.45) is 2.00. The fourth-order valence-electron chi connectivity index (χ4n) is 3.13. The first kappa shape index (κ1) is 18.3. The molecule has 2 unspecified atom stereocenters. The molecule has 1 aromatic carbocycles. The number of hydrogen-bond acceptors (Lipinski definition) is 5. The zero-order valence-electron chi connectivity index (χ0n) is 14.5. The van der Waals surface area contributed by atoms with E-state index in [9.17, 15) is 9.59 Å². The number of aromatic nitrogens is 4. The van der Waals surface area contributed by atoms with Crippen molar-refractivity contribution in [1.29, 1.82) is 0 Å². The molecule has 0 spiro atoms. The van der Waals surface area contributed by atoms with Gasteiger partial charge >= 0.3 is 0 Å². The molecule has 2 N–H and O–H groups in total. The second-order valence-corrected chi connectivity index (χ2v) is 6.83. The van der Waals surface area contributed by atoms with Crippen molar-refractivity contribution in [2.75, 3.05) is 13.1 Å². The van der Waals surface area contributed by atoms with Crippen LogP contribution in [0.4, 0.5) is 0 Å². The van der Waals surface area contributed by atoms with Crippen molar-refractivity contribution in [2.24, 2.45) is 11.7 Å². The minimum atomic E-state index is -0.560. The standard InChI is InChI=1S/C17H21ClN6O2/c1-2-14(17(26)23-9-3-4-12(10-23)15(19)25)24-21-16(20-22-24)11-5-7-13(18)8-6-11/h5-8,12,14H,2-4,9-10H2,1H3,(H2,19,25). The molecule has 9 heteroatoms. The Morgan fingerprint density at radius 1 is 1.35 bits per heavy atom. The van der Waals surface area contributed by atoms with Gasteiger partial charge in [0.2, 0.25) is 17.6 Å². The van der Waals surface area contributed by atoms with Crippen molar-refractivity contribution in [2.45, 2.75) is 32.2 Å². The van der Waals surface area contributed by atoms with Gasteiger partial charge in [0.15, 0.2) is 6.04 Å². The molecule has 0 aliphatic carbocycles. The van der Waals surface area contributed by atoms with Gasteiger partial charge in [0.25, 0.3) is 0 Å². The van der Waals surface area contributed by atoms with E-state index in [4.69, 9.17) is 17.3 Å². The van der Waals surface area contributed by atoms with E-state index in [1.807, 2.05) is 6.92 Å². The van der Waals surface area contributed by atoms with E-state index < -0.39 is 6.04 Å². The van der Waals surface area contributed by atoms with Crippen LogP contribution in [-0.2, 0) is 9.59 Å². The van der Waals surface area contributed by atoms with Crippen molar-refractivity contribution in [1.82, 2.24) is 25.1 Å². The number of likely N-dealkylation sites (tertiary alicyclic amines) is 1. The zero-order valence-corrected chi connectivity index (χ0v) is 15.3. The summed E-state index contributed by atoms with van der Waals surface area (Å²) >= 11 is 5.89. The van der Waals surface area contributed by atoms with Gasteiger partial charge in [-0.15, -0.1) is 10.2 Å². The molecule has 1 aliphatic rings. The number of carbonyl (C=O) groups excluding carboxylic acids is 2. The lowest BCUT2D eigenvalue weighted by Gasteiger charge is -2.33. The number of hydrogen-bond donors (Lipinski definition) is 1. The highest BCUT2D eigenvalue weighted by atomic mass is 35.5. The second-order valence-electron chi connectivity index (χ2n) is 6.39. The Morgan fingerprint density at radius 3 is 2.73 bits per heavy atom. The molecule has 0 radical (unpaired) electrons. The molecule has 0 saturated carbocycles. The highest BCUT2D eigenvalue weighted by Gasteiger charge is 2.32. The number of benzene rings is 1. The third-order valence-corrected chi connectivity index (χ3v) is 4.87. The van der Waals surface area contributed by atoms with Crippen LogP contribution in [0, 0.1) is 5.92 Å². The molecule has 2 amide bonds. The van der Waals surface area contributed by atoms with Gasteiger partial charge in [0.05, 0.1) is 5.92 Å². The number of rotatable bonds is 5. The van der Waals surface area contributed by atoms with Gasteiger partial charge in [-0.05, 0) is 48.7 Å². The summed E-state index contributed by atoms with van der Waals surface area (Å²) in [6.45, 7) is 2.85. The van der Waals surface area contributed by atoms with Gasteiger partial charge in [0.1, 0.15) is 0 Å². The lowest BCUT2D eigenvalue weighted by atomic mass is 9.97. The smallest absolute Gasteiger partial charge is 0.249 e. The van der Waals surface area contributed by atoms with E-state index in [0.29, 0.717) is 30.4 Å². The number of carbonyl (C=O) groups is 2. The van der Waals surface area contributed by atoms with E-state index in [2.05, 4.69) is 15.4 Å². The highest BCUT2D eigenvalue weighted by molar-refractivity contribution is 6.30. The predicted octanol–water partition coefficient (Wildman–Crippen LogP) is 1.67. The Morgan fingerprint density at radius 2 is 2.08 bits per heavy atom. The average molecular weight is 377 g/mol. The van der Waals surface area contributed by atoms with Gasteiger partial charge in [-0.25, -0.2) is 0 Å². The van der Waals surface area contributed by atoms with Crippen LogP contribution in [0.1, 0.15) is 32.2 Å². The number of primary amides is 1. The molecular weight excluding hydrogens is 356 g/mol. The highest BCUT2D eigenvalue weighted by Crippen LogP contribution is 2.22. The molecular formula is C17H21ClN6O2. The number of nitrogens with two attached hydrogens (primary N) is 1. The molecule has 138 valence electrons. The Kier molecular flexibility index (Phi) is 5.51. The minimum Gasteiger partial charge on any atom is -0.369 e. The van der Waals surface area contributed by atoms with E-state index in [-0.39, 0.29) is 17.7 Å². The molecule has 1 fully saturated rings. The summed E-state index contributed by atoms with van der Waals surface area (Å²) in [4.78, 5) is 27.4. The molecule has 1 aromatic heterocycles. The topological polar surface area (TPSA) is 107 Å². The van der Waals surface area contributed by atoms with Crippen LogP contribution in [-0.4, -0.2) is 50.0 Å². The molecule has 0 bridgehead atoms. The lowest BCUT2D eigenvalue weighted by Crippen LogP contribution is -2.46. The Hall–Kier alpha value is -2.48. The molecule has 1 aliphatic heterocycles. The Labute approximate surface area is 156 Å². The Balaban J connectivity index is 1.77. The largest absolute Gasteiger partial charge is 0.369 e. The summed E-state index contributed by atoms with van der Waals surface area (Å²) < 4.78 is 0. The quantitative estimate of drug-likeness (QED) is 0.854. The van der Waals surface area contributed by atoms with Gasteiger partial charge in [-0.3, -0.25) is 9.59 Å². The number of halogens is 1. The Bertz CT molecular complexity index is 791. The minimum absolute atomic E-state index is 0.112. The molecule has 3 rings (SSSR count). The monoisotopic (exact) mass is 376 g/mol. The third-order valence-electron chi connectivity index (χ3n) is 4.62. The van der Waals surface area contributed by atoms with Gasteiger partial charge < -0.3 is 10.6 Å². The molecule has 26 heavy (non-hydrogen) atoms. The van der Waals surface area contributed by atoms with E-state index in [1.165, 1.54) is 4.80 Å². The normalized spacial score (nSPS) is 18.5. The van der Waals surface area contributed by atoms with Crippen LogP contribution in [0.15, 0.2) is 24.3 Å². The summed E-state index contributed by atoms with van der Waals surface area (Å²) in [7, 11) is 0. The predicted molar refractivity (Wildman–Crippen MR) is 96.1 cm³/mol. The van der Waals surface area contributed by atoms with E-state index in [0.717, 1.165) is 18.4 Å². The van der Waals surface area contributed by atoms with Gasteiger partial charge in [0, 0.05) is 23.7 Å². The maximum atomic E-state index is 12.9. The van der Waals surface area contributed by atoms with Crippen LogP contribution < -0.4 is 5.73 Å². The average Bonchev–Trinajstić information content (AvgIpc) is 3.12. The maximum absolute atomic E-state index is 12.9. The van der Waals surface area contributed by atoms with Crippen molar-refractivity contribution >= 4 is 23.4 Å². The summed E-state index contributed by atoms with van der Waals surface area (Å²) in [5.74, 6) is -0.335. The molecule has 2 heterocycles. The van der Waals surface area contributed by atoms with Crippen LogP contribution in [0.2, 0.25) is 5.02 Å². The number of amides is 2. The lowest BCUT2D eigenvalue weighted by molar-refractivity contribution is -0.138. The fourth-order valence-corrected chi connectivity index (χ4v) is 3.25. The molecule has 2 aromatic rings. The third kappa shape index (κ3) is 3.85. The first-order chi connectivity index (χ1) is 12.5. The zero-order chi connectivity index (χ0) is 18.7. The van der Waals surface area contributed by atoms with Crippen LogP contribution in [0.3, 0.4) is 0 Å². The number of piperidine rings is 1. The summed E-state index contributed by atoms with van der Waals surface area (Å²) in [6, 6.07) is 6.54. The van der Waals surface area contributed by atoms with Crippen LogP contribution in [0.25, 0.3) is 11.4 Å². The molecule has 1 saturated heterocycles. The summed E-state index contributed by atoms with van der Waals surface area (Å²) in [5, 5.41) is 13.1. The van der Waals surface area contributed by atoms with E-state index in [1.54, 1.807) is 29.2 Å². The van der Waals surface area contributed by atoms with Crippen LogP contribution in [0.5, 0.6) is 0 Å². The summed E-state index contributed by atoms with van der Waals surface area (Å²) in [5.41, 5.74) is 6.17. The SMILES string of the molecule is CCC(C(=O)N1CCCC(C(N)=O)C1)n1nnc(-c2ccc(Cl)cc2)n1. The van der Waals surface area contributed by atoms with E-state index >= 15 is 0 Å². The number of nitrogens with zero attached hydrogens (tertiary/aromatic N) is 5. The van der Waals surface area contributed by atoms with Gasteiger partial charge in [-0.2, -0.15) is 4.80 Å². The second kappa shape index (κ2) is 7.82. The maximum Gasteiger partial charge on any atom is 0.249 e. The van der Waals surface area contributed by atoms with Crippen molar-refractivity contribution in [3.05, 3.63) is 29.3 Å². The van der Waals surface area contributed by atoms with Crippen LogP contribution >= 0.6 is 11.6 Å². The number of tetrazole rings is 1. The van der Waals surface area contributed by atoms with Gasteiger partial charge in [-0.1, -0.05) is 18.5 Å². The first-order valence-corrected chi connectivity index (χ1v) is 9.01. The first-order valence-electron chi connectivity index (χ1n) is 8.63. The van der Waals surface area contributed by atoms with Crippen molar-refractivity contribution in [3.8, 4) is 11.4 Å². The molecule has 2 atom stereocenters. The van der Waals surface area contributed by atoms with Crippen molar-refractivity contribution in [3.63, 3.8) is 0 Å². The molecule has 8 nitrogen and oxygen atoms in total.